The number of likely N-dealkylation sites (N-methyl/N-ethyl adjacent to an activating group) is 2. The third kappa shape index (κ3) is 10.2. The van der Waals surface area contributed by atoms with Gasteiger partial charge in [-0.3, -0.25) is 9.59 Å². The van der Waals surface area contributed by atoms with Gasteiger partial charge >= 0.3 is 0 Å². The van der Waals surface area contributed by atoms with Crippen LogP contribution in [0.15, 0.2) is 12.7 Å². The summed E-state index contributed by atoms with van der Waals surface area (Å²) in [5.74, 6) is 0.142. The average molecular weight is 400 g/mol. The highest BCUT2D eigenvalue weighted by Crippen LogP contribution is 2.21. The number of carbonyl (C=O) groups excluding carboxylic acids is 2. The fraction of sp³-hybridized carbons (Fsp3) is 0.818. The first-order chi connectivity index (χ1) is 13.2. The quantitative estimate of drug-likeness (QED) is 0.494. The maximum absolute atomic E-state index is 12.6. The molecule has 0 bridgehead atoms. The monoisotopic (exact) mass is 399 g/mol. The number of ether oxygens (including phenoxy) is 1. The van der Waals surface area contributed by atoms with Crippen molar-refractivity contribution in [1.29, 1.82) is 0 Å². The van der Waals surface area contributed by atoms with Gasteiger partial charge in [-0.15, -0.1) is 6.58 Å². The van der Waals surface area contributed by atoms with Crippen LogP contribution >= 0.6 is 0 Å². The predicted molar refractivity (Wildman–Crippen MR) is 118 cm³/mol. The van der Waals surface area contributed by atoms with E-state index in [1.807, 2.05) is 19.9 Å². The first-order valence-electron chi connectivity index (χ1n) is 10.5. The molecule has 0 aromatic heterocycles. The molecule has 0 aliphatic heterocycles. The van der Waals surface area contributed by atoms with Crippen LogP contribution in [0.4, 0.5) is 0 Å². The molecular formula is C22H45N3O3. The van der Waals surface area contributed by atoms with Crippen molar-refractivity contribution in [1.82, 2.24) is 15.5 Å². The molecule has 0 rings (SSSR count). The minimum absolute atomic E-state index is 0.0162. The summed E-state index contributed by atoms with van der Waals surface area (Å²) in [6.45, 7) is 16.1. The summed E-state index contributed by atoms with van der Waals surface area (Å²) in [7, 11) is 5.18. The fourth-order valence-electron chi connectivity index (χ4n) is 3.11. The zero-order valence-electron chi connectivity index (χ0n) is 19.7. The van der Waals surface area contributed by atoms with Crippen molar-refractivity contribution in [3.05, 3.63) is 12.7 Å². The minimum Gasteiger partial charge on any atom is -0.379 e. The zero-order valence-corrected chi connectivity index (χ0v) is 19.7. The summed E-state index contributed by atoms with van der Waals surface area (Å²) in [4.78, 5) is 26.5. The molecule has 6 nitrogen and oxygen atoms in total. The number of carbonyl (C=O) groups is 2. The zero-order chi connectivity index (χ0) is 22.3. The van der Waals surface area contributed by atoms with Crippen LogP contribution in [0.1, 0.15) is 60.8 Å². The van der Waals surface area contributed by atoms with Crippen LogP contribution in [0.3, 0.4) is 0 Å². The Bertz CT molecular complexity index is 441. The van der Waals surface area contributed by atoms with Gasteiger partial charge in [0.1, 0.15) is 0 Å². The number of methoxy groups -OCH3 is 1. The molecule has 2 N–H and O–H groups in total. The molecule has 4 atom stereocenters. The molecule has 0 saturated carbocycles. The lowest BCUT2D eigenvalue weighted by molar-refractivity contribution is -0.138. The Labute approximate surface area is 173 Å². The molecule has 0 aliphatic rings. The van der Waals surface area contributed by atoms with Crippen LogP contribution in [-0.2, 0) is 14.3 Å². The van der Waals surface area contributed by atoms with Crippen molar-refractivity contribution >= 4 is 11.8 Å². The second kappa shape index (κ2) is 16.5. The van der Waals surface area contributed by atoms with Crippen molar-refractivity contribution in [2.45, 2.75) is 79.0 Å². The smallest absolute Gasteiger partial charge is 0.242 e. The number of rotatable bonds is 12. The summed E-state index contributed by atoms with van der Waals surface area (Å²) >= 11 is 0. The molecule has 0 aromatic rings. The van der Waals surface area contributed by atoms with Crippen LogP contribution in [0, 0.1) is 11.8 Å². The van der Waals surface area contributed by atoms with E-state index in [0.717, 1.165) is 6.42 Å². The van der Waals surface area contributed by atoms with E-state index < -0.39 is 0 Å². The van der Waals surface area contributed by atoms with Gasteiger partial charge in [0.05, 0.1) is 24.7 Å². The Hall–Kier alpha value is -1.40. The molecule has 2 amide bonds. The normalized spacial score (nSPS) is 14.9. The van der Waals surface area contributed by atoms with Gasteiger partial charge in [0.15, 0.2) is 0 Å². The molecular weight excluding hydrogens is 354 g/mol. The summed E-state index contributed by atoms with van der Waals surface area (Å²) < 4.78 is 5.60. The van der Waals surface area contributed by atoms with Crippen LogP contribution < -0.4 is 10.6 Å². The SMILES string of the molecule is C=CCC(OC)C(C(C)CC)N(C)C(=O)CNC(=O)C(NC)C(C)C.CCC. The number of nitrogens with one attached hydrogen (secondary N) is 2. The highest BCUT2D eigenvalue weighted by molar-refractivity contribution is 5.87. The Balaban J connectivity index is 0. The number of hydrogen-bond donors (Lipinski definition) is 2. The lowest BCUT2D eigenvalue weighted by Crippen LogP contribution is -2.53. The van der Waals surface area contributed by atoms with Crippen LogP contribution in [0.2, 0.25) is 0 Å². The second-order valence-corrected chi connectivity index (χ2v) is 7.61. The van der Waals surface area contributed by atoms with Gasteiger partial charge in [0, 0.05) is 14.2 Å². The summed E-state index contributed by atoms with van der Waals surface area (Å²) in [6.07, 6.45) is 4.55. The Morgan fingerprint density at radius 2 is 1.71 bits per heavy atom. The van der Waals surface area contributed by atoms with Crippen molar-refractivity contribution in [2.75, 3.05) is 27.7 Å². The van der Waals surface area contributed by atoms with Gasteiger partial charge in [0.25, 0.3) is 0 Å². The van der Waals surface area contributed by atoms with Gasteiger partial charge in [-0.2, -0.15) is 0 Å². The molecule has 0 heterocycles. The first-order valence-corrected chi connectivity index (χ1v) is 10.5. The summed E-state index contributed by atoms with van der Waals surface area (Å²) in [6, 6.07) is -0.376. The Kier molecular flexibility index (Phi) is 17.0. The van der Waals surface area contributed by atoms with E-state index in [-0.39, 0.29) is 48.4 Å². The van der Waals surface area contributed by atoms with Crippen LogP contribution in [-0.4, -0.2) is 62.7 Å². The van der Waals surface area contributed by atoms with Gasteiger partial charge < -0.3 is 20.3 Å². The average Bonchev–Trinajstić information content (AvgIpc) is 2.65. The van der Waals surface area contributed by atoms with Gasteiger partial charge in [0.2, 0.25) is 11.8 Å². The standard InChI is InChI=1S/C19H37N3O3.C3H8/c1-9-11-15(25-8)18(14(5)10-2)22(7)16(23)12-21-19(24)17(20-6)13(3)4;1-3-2/h9,13-15,17-18,20H,1,10-12H2,2-8H3,(H,21,24);3H2,1-2H3. The summed E-state index contributed by atoms with van der Waals surface area (Å²) in [5.41, 5.74) is 0. The minimum atomic E-state index is -0.309. The van der Waals surface area contributed by atoms with Crippen molar-refractivity contribution in [3.63, 3.8) is 0 Å². The first kappa shape index (κ1) is 28.8. The molecule has 0 aromatic carbocycles. The molecule has 0 spiro atoms. The third-order valence-electron chi connectivity index (χ3n) is 4.82. The van der Waals surface area contributed by atoms with E-state index in [9.17, 15) is 9.59 Å². The second-order valence-electron chi connectivity index (χ2n) is 7.61. The van der Waals surface area contributed by atoms with E-state index in [0.29, 0.717) is 6.42 Å². The molecule has 0 aliphatic carbocycles. The lowest BCUT2D eigenvalue weighted by atomic mass is 9.91. The highest BCUT2D eigenvalue weighted by Gasteiger charge is 2.32. The largest absolute Gasteiger partial charge is 0.379 e. The van der Waals surface area contributed by atoms with E-state index in [1.54, 1.807) is 26.1 Å². The Morgan fingerprint density at radius 3 is 2.07 bits per heavy atom. The van der Waals surface area contributed by atoms with E-state index in [4.69, 9.17) is 4.74 Å². The van der Waals surface area contributed by atoms with Crippen LogP contribution in [0.25, 0.3) is 0 Å². The number of nitrogens with zero attached hydrogens (tertiary/aromatic N) is 1. The predicted octanol–water partition coefficient (Wildman–Crippen LogP) is 3.23. The van der Waals surface area contributed by atoms with Crippen molar-refractivity contribution < 1.29 is 14.3 Å². The van der Waals surface area contributed by atoms with Crippen LogP contribution in [0.5, 0.6) is 0 Å². The molecule has 0 fully saturated rings. The van der Waals surface area contributed by atoms with Gasteiger partial charge in [-0.25, -0.2) is 0 Å². The third-order valence-corrected chi connectivity index (χ3v) is 4.82. The molecule has 28 heavy (non-hydrogen) atoms. The van der Waals surface area contributed by atoms with Gasteiger partial charge in [-0.05, 0) is 25.3 Å². The molecule has 4 unspecified atom stereocenters. The number of hydrogen-bond acceptors (Lipinski definition) is 4. The maximum atomic E-state index is 12.6. The summed E-state index contributed by atoms with van der Waals surface area (Å²) in [5, 5.41) is 5.72. The maximum Gasteiger partial charge on any atom is 0.242 e. The molecule has 6 heteroatoms. The molecule has 0 radical (unpaired) electrons. The molecule has 166 valence electrons. The Morgan fingerprint density at radius 1 is 1.18 bits per heavy atom. The van der Waals surface area contributed by atoms with Crippen molar-refractivity contribution in [3.8, 4) is 0 Å². The van der Waals surface area contributed by atoms with E-state index in [2.05, 4.69) is 44.9 Å². The number of amides is 2. The fourth-order valence-corrected chi connectivity index (χ4v) is 3.11. The van der Waals surface area contributed by atoms with Gasteiger partial charge in [-0.1, -0.05) is 60.5 Å². The van der Waals surface area contributed by atoms with E-state index in [1.165, 1.54) is 6.42 Å². The van der Waals surface area contributed by atoms with Crippen molar-refractivity contribution in [2.24, 2.45) is 11.8 Å². The van der Waals surface area contributed by atoms with E-state index >= 15 is 0 Å². The highest BCUT2D eigenvalue weighted by atomic mass is 16.5. The topological polar surface area (TPSA) is 70.7 Å². The lowest BCUT2D eigenvalue weighted by Gasteiger charge is -2.37. The molecule has 0 saturated heterocycles.